The van der Waals surface area contributed by atoms with Crippen LogP contribution in [0.15, 0.2) is 56.4 Å². The number of rotatable bonds is 5. The molecule has 3 aromatic heterocycles. The minimum atomic E-state index is -0.468. The number of nitrogens with zero attached hydrogens (tertiary/aromatic N) is 3. The van der Waals surface area contributed by atoms with Gasteiger partial charge in [-0.2, -0.15) is 4.68 Å². The van der Waals surface area contributed by atoms with Gasteiger partial charge in [-0.25, -0.2) is 9.78 Å². The first-order chi connectivity index (χ1) is 12.6. The number of hydrogen-bond acceptors (Lipinski definition) is 6. The smallest absolute Gasteiger partial charge is 0.387 e. The second kappa shape index (κ2) is 7.01. The Morgan fingerprint density at radius 3 is 2.65 bits per heavy atom. The molecule has 0 unspecified atom stereocenters. The first-order valence-corrected chi connectivity index (χ1v) is 10.0. The third-order valence-corrected chi connectivity index (χ3v) is 5.82. The molecule has 0 aliphatic carbocycles. The Labute approximate surface area is 158 Å². The van der Waals surface area contributed by atoms with Crippen LogP contribution >= 0.6 is 22.7 Å². The molecule has 0 saturated carbocycles. The number of benzene rings is 1. The Morgan fingerprint density at radius 2 is 1.96 bits per heavy atom. The predicted molar refractivity (Wildman–Crippen MR) is 105 cm³/mol. The zero-order valence-corrected chi connectivity index (χ0v) is 16.0. The van der Waals surface area contributed by atoms with Gasteiger partial charge in [0.05, 0.1) is 17.1 Å². The van der Waals surface area contributed by atoms with Gasteiger partial charge in [0.1, 0.15) is 5.01 Å². The maximum Gasteiger partial charge on any atom is 0.437 e. The number of thiophene rings is 1. The summed E-state index contributed by atoms with van der Waals surface area (Å²) in [6, 6.07) is 12.2. The van der Waals surface area contributed by atoms with Crippen molar-refractivity contribution in [2.24, 2.45) is 0 Å². The molecular formula is C19H17N3O2S2. The van der Waals surface area contributed by atoms with Gasteiger partial charge in [0, 0.05) is 10.9 Å². The molecule has 4 aromatic rings. The molecule has 0 fully saturated rings. The van der Waals surface area contributed by atoms with Crippen LogP contribution < -0.4 is 5.76 Å². The molecule has 7 heteroatoms. The lowest BCUT2D eigenvalue weighted by Gasteiger charge is -2.05. The van der Waals surface area contributed by atoms with Crippen LogP contribution in [-0.4, -0.2) is 14.8 Å². The number of aromatic nitrogens is 3. The quantitative estimate of drug-likeness (QED) is 0.494. The molecule has 0 radical (unpaired) electrons. The van der Waals surface area contributed by atoms with E-state index < -0.39 is 5.76 Å². The van der Waals surface area contributed by atoms with Gasteiger partial charge in [-0.1, -0.05) is 44.2 Å². The molecule has 3 heterocycles. The normalized spacial score (nSPS) is 11.3. The van der Waals surface area contributed by atoms with Gasteiger partial charge in [-0.05, 0) is 22.9 Å². The van der Waals surface area contributed by atoms with Crippen molar-refractivity contribution >= 4 is 22.7 Å². The average Bonchev–Trinajstić information content (AvgIpc) is 3.37. The summed E-state index contributed by atoms with van der Waals surface area (Å²) in [5, 5.41) is 9.09. The second-order valence-electron chi connectivity index (χ2n) is 6.23. The molecule has 5 nitrogen and oxygen atoms in total. The Morgan fingerprint density at radius 1 is 1.15 bits per heavy atom. The molecule has 0 bridgehead atoms. The highest BCUT2D eigenvalue weighted by Gasteiger charge is 2.13. The van der Waals surface area contributed by atoms with Gasteiger partial charge < -0.3 is 4.42 Å². The van der Waals surface area contributed by atoms with Crippen LogP contribution in [0, 0.1) is 0 Å². The van der Waals surface area contributed by atoms with E-state index in [-0.39, 0.29) is 0 Å². The van der Waals surface area contributed by atoms with E-state index in [4.69, 9.17) is 4.42 Å². The summed E-state index contributed by atoms with van der Waals surface area (Å²) in [5.41, 5.74) is 3.18. The van der Waals surface area contributed by atoms with E-state index in [0.717, 1.165) is 21.1 Å². The summed E-state index contributed by atoms with van der Waals surface area (Å²) in [5.74, 6) is 0.390. The van der Waals surface area contributed by atoms with E-state index in [1.807, 2.05) is 22.9 Å². The van der Waals surface area contributed by atoms with Crippen LogP contribution in [0.2, 0.25) is 0 Å². The molecule has 132 valence electrons. The molecule has 0 amide bonds. The minimum Gasteiger partial charge on any atom is -0.387 e. The van der Waals surface area contributed by atoms with E-state index in [1.165, 1.54) is 21.6 Å². The molecule has 0 N–H and O–H groups in total. The van der Waals surface area contributed by atoms with Crippen LogP contribution in [-0.2, 0) is 6.54 Å². The molecule has 0 aliphatic heterocycles. The van der Waals surface area contributed by atoms with Crippen molar-refractivity contribution in [3.05, 3.63) is 69.0 Å². The van der Waals surface area contributed by atoms with Crippen LogP contribution in [0.5, 0.6) is 0 Å². The van der Waals surface area contributed by atoms with Gasteiger partial charge in [-0.15, -0.1) is 27.8 Å². The summed E-state index contributed by atoms with van der Waals surface area (Å²) in [7, 11) is 0. The minimum absolute atomic E-state index is 0.300. The highest BCUT2D eigenvalue weighted by Crippen LogP contribution is 2.26. The molecule has 4 rings (SSSR count). The zero-order valence-electron chi connectivity index (χ0n) is 14.4. The summed E-state index contributed by atoms with van der Waals surface area (Å²) in [4.78, 5) is 17.5. The monoisotopic (exact) mass is 383 g/mol. The van der Waals surface area contributed by atoms with E-state index in [2.05, 4.69) is 48.2 Å². The van der Waals surface area contributed by atoms with Gasteiger partial charge in [0.2, 0.25) is 0 Å². The molecule has 26 heavy (non-hydrogen) atoms. The van der Waals surface area contributed by atoms with Crippen LogP contribution in [0.4, 0.5) is 0 Å². The number of thiazole rings is 1. The van der Waals surface area contributed by atoms with Crippen molar-refractivity contribution in [3.8, 4) is 21.3 Å². The highest BCUT2D eigenvalue weighted by atomic mass is 32.1. The average molecular weight is 383 g/mol. The molecular weight excluding hydrogens is 366 g/mol. The van der Waals surface area contributed by atoms with Gasteiger partial charge in [-0.3, -0.25) is 0 Å². The fourth-order valence-electron chi connectivity index (χ4n) is 2.58. The maximum atomic E-state index is 12.0. The summed E-state index contributed by atoms with van der Waals surface area (Å²) in [6.45, 7) is 4.65. The van der Waals surface area contributed by atoms with E-state index in [0.29, 0.717) is 18.4 Å². The largest absolute Gasteiger partial charge is 0.437 e. The fourth-order valence-corrected chi connectivity index (χ4v) is 4.04. The summed E-state index contributed by atoms with van der Waals surface area (Å²) in [6.07, 6.45) is 0. The first-order valence-electron chi connectivity index (χ1n) is 8.26. The van der Waals surface area contributed by atoms with Crippen LogP contribution in [0.25, 0.3) is 21.3 Å². The van der Waals surface area contributed by atoms with Crippen LogP contribution in [0.3, 0.4) is 0 Å². The van der Waals surface area contributed by atoms with Crippen molar-refractivity contribution < 1.29 is 4.42 Å². The summed E-state index contributed by atoms with van der Waals surface area (Å²) < 4.78 is 6.56. The standard InChI is InChI=1S/C19H17N3O2S2/c1-12(2)13-5-7-14(8-6-13)18-20-15(11-26-18)10-22-19(23)24-17(21-22)16-4-3-9-25-16/h3-9,11-12H,10H2,1-2H3. The van der Waals surface area contributed by atoms with Crippen LogP contribution in [0.1, 0.15) is 31.0 Å². The molecule has 1 aromatic carbocycles. The Hall–Kier alpha value is -2.51. The van der Waals surface area contributed by atoms with Gasteiger partial charge in [0.15, 0.2) is 0 Å². The SMILES string of the molecule is CC(C)c1ccc(-c2nc(Cn3nc(-c4cccs4)oc3=O)cs2)cc1. The molecule has 0 atom stereocenters. The van der Waals surface area contributed by atoms with Crippen molar-refractivity contribution in [3.63, 3.8) is 0 Å². The van der Waals surface area contributed by atoms with Gasteiger partial charge in [0.25, 0.3) is 5.89 Å². The lowest BCUT2D eigenvalue weighted by atomic mass is 10.0. The lowest BCUT2D eigenvalue weighted by Crippen LogP contribution is -2.16. The van der Waals surface area contributed by atoms with Crippen molar-refractivity contribution in [1.29, 1.82) is 0 Å². The van der Waals surface area contributed by atoms with Crippen molar-refractivity contribution in [2.75, 3.05) is 0 Å². The fraction of sp³-hybridized carbons (Fsp3) is 0.211. The van der Waals surface area contributed by atoms with Gasteiger partial charge >= 0.3 is 5.76 Å². The predicted octanol–water partition coefficient (Wildman–Crippen LogP) is 4.86. The molecule has 0 spiro atoms. The first kappa shape index (κ1) is 16.9. The number of hydrogen-bond donors (Lipinski definition) is 0. The molecule has 0 aliphatic rings. The second-order valence-corrected chi connectivity index (χ2v) is 8.03. The summed E-state index contributed by atoms with van der Waals surface area (Å²) >= 11 is 3.05. The van der Waals surface area contributed by atoms with Crippen molar-refractivity contribution in [1.82, 2.24) is 14.8 Å². The maximum absolute atomic E-state index is 12.0. The van der Waals surface area contributed by atoms with Crippen molar-refractivity contribution in [2.45, 2.75) is 26.3 Å². The third kappa shape index (κ3) is 3.40. The van der Waals surface area contributed by atoms with E-state index in [9.17, 15) is 4.79 Å². The Balaban J connectivity index is 1.55. The Bertz CT molecular complexity index is 1060. The third-order valence-electron chi connectivity index (χ3n) is 4.03. The zero-order chi connectivity index (χ0) is 18.1. The van der Waals surface area contributed by atoms with E-state index >= 15 is 0 Å². The highest BCUT2D eigenvalue weighted by molar-refractivity contribution is 7.13. The molecule has 0 saturated heterocycles. The lowest BCUT2D eigenvalue weighted by molar-refractivity contribution is 0.494. The topological polar surface area (TPSA) is 60.9 Å². The Kier molecular flexibility index (Phi) is 4.57. The van der Waals surface area contributed by atoms with E-state index in [1.54, 1.807) is 11.3 Å².